The maximum Gasteiger partial charge on any atom is 0.301 e. The molecule has 1 unspecified atom stereocenters. The van der Waals surface area contributed by atoms with Crippen LogP contribution in [0.25, 0.3) is 22.2 Å². The molecule has 2 aromatic heterocycles. The molecule has 0 aliphatic carbocycles. The summed E-state index contributed by atoms with van der Waals surface area (Å²) in [6.07, 6.45) is 5.14. The molecular weight excluding hydrogens is 896 g/mol. The molecule has 0 saturated carbocycles. The van der Waals surface area contributed by atoms with Gasteiger partial charge < -0.3 is 29.9 Å². The molecule has 6 aliphatic heterocycles. The van der Waals surface area contributed by atoms with Crippen LogP contribution in [0, 0.1) is 23.0 Å². The number of pyridine rings is 1. The molecule has 6 aliphatic rings. The predicted octanol–water partition coefficient (Wildman–Crippen LogP) is 6.61. The van der Waals surface area contributed by atoms with Crippen LogP contribution in [-0.2, 0) is 21.5 Å². The van der Waals surface area contributed by atoms with Crippen molar-refractivity contribution in [2.24, 2.45) is 11.3 Å². The number of ketones is 1. The van der Waals surface area contributed by atoms with E-state index in [9.17, 15) is 27.2 Å². The monoisotopic (exact) mass is 947 g/mol. The van der Waals surface area contributed by atoms with Crippen molar-refractivity contribution in [1.29, 1.82) is 0 Å². The Morgan fingerprint density at radius 1 is 0.926 bits per heavy atom. The van der Waals surface area contributed by atoms with Gasteiger partial charge >= 0.3 is 10.2 Å². The number of aromatic amines is 1. The van der Waals surface area contributed by atoms with Crippen molar-refractivity contribution in [3.8, 4) is 11.1 Å². The molecule has 0 bridgehead atoms. The van der Waals surface area contributed by atoms with Crippen LogP contribution in [0.2, 0.25) is 0 Å². The lowest BCUT2D eigenvalue weighted by atomic mass is 9.66. The van der Waals surface area contributed by atoms with Gasteiger partial charge in [-0.05, 0) is 105 Å². The van der Waals surface area contributed by atoms with E-state index in [4.69, 9.17) is 0 Å². The first-order chi connectivity index (χ1) is 32.6. The zero-order valence-corrected chi connectivity index (χ0v) is 38.4. The highest BCUT2D eigenvalue weighted by atomic mass is 32.2. The Labute approximate surface area is 392 Å². The van der Waals surface area contributed by atoms with E-state index < -0.39 is 51.1 Å². The van der Waals surface area contributed by atoms with Crippen LogP contribution in [0.15, 0.2) is 85.3 Å². The van der Waals surface area contributed by atoms with Gasteiger partial charge in [0.1, 0.15) is 23.7 Å². The Hall–Kier alpha value is -6.24. The van der Waals surface area contributed by atoms with Crippen molar-refractivity contribution in [2.45, 2.75) is 63.8 Å². The lowest BCUT2D eigenvalue weighted by Gasteiger charge is -2.66. The number of hydrogen-bond donors (Lipinski definition) is 3. The fourth-order valence-electron chi connectivity index (χ4n) is 11.3. The number of alkyl halides is 1. The second-order valence-electron chi connectivity index (χ2n) is 19.5. The zero-order valence-electron chi connectivity index (χ0n) is 37.6. The second kappa shape index (κ2) is 16.8. The number of carbonyl (C=O) groups excluding carboxylic acids is 3. The number of rotatable bonds is 11. The molecule has 2 amide bonds. The van der Waals surface area contributed by atoms with Crippen molar-refractivity contribution in [3.63, 3.8) is 0 Å². The van der Waals surface area contributed by atoms with Crippen LogP contribution in [-0.4, -0.2) is 121 Å². The SMILES string of the molecule is C=C1CCC(N2Cc3cc(N4CCC(CN5CC6(C5)CN(c5ccc(-c7cnc8[nH]cc(C(=O)c9c(F)ccc(NS(=O)(=O)N%10CC[C@@H](F)C%10)c9F)c8c7)cc5)[C@@H]6C)CC4)ccc3C2=O)C(=O)N1. The molecule has 354 valence electrons. The summed E-state index contributed by atoms with van der Waals surface area (Å²) in [7, 11) is -4.35. The highest BCUT2D eigenvalue weighted by Crippen LogP contribution is 2.48. The molecule has 3 N–H and O–H groups in total. The Kier molecular flexibility index (Phi) is 10.9. The average molecular weight is 948 g/mol. The fraction of sp³-hybridized carbons (Fsp3) is 0.400. The van der Waals surface area contributed by atoms with E-state index in [0.717, 1.165) is 91.0 Å². The Morgan fingerprint density at radius 2 is 1.69 bits per heavy atom. The summed E-state index contributed by atoms with van der Waals surface area (Å²) in [6, 6.07) is 17.6. The van der Waals surface area contributed by atoms with Crippen molar-refractivity contribution in [1.82, 2.24) is 29.4 Å². The second-order valence-corrected chi connectivity index (χ2v) is 21.2. The number of allylic oxidation sites excluding steroid dienone is 1. The maximum atomic E-state index is 15.8. The third-order valence-electron chi connectivity index (χ3n) is 15.3. The minimum Gasteiger partial charge on any atom is -0.372 e. The number of amides is 2. The number of carbonyl (C=O) groups is 3. The Balaban J connectivity index is 0.682. The van der Waals surface area contributed by atoms with E-state index >= 15 is 8.78 Å². The summed E-state index contributed by atoms with van der Waals surface area (Å²) >= 11 is 0. The first-order valence-corrected chi connectivity index (χ1v) is 24.8. The summed E-state index contributed by atoms with van der Waals surface area (Å²) in [6.45, 7) is 12.3. The number of H-pyrrole nitrogens is 1. The number of fused-ring (bicyclic) bond motifs is 2. The first-order valence-electron chi connectivity index (χ1n) is 23.3. The number of piperidine rings is 2. The van der Waals surface area contributed by atoms with Gasteiger partial charge in [-0.25, -0.2) is 18.2 Å². The average Bonchev–Trinajstić information content (AvgIpc) is 4.04. The lowest BCUT2D eigenvalue weighted by Crippen LogP contribution is -2.77. The first kappa shape index (κ1) is 44.3. The van der Waals surface area contributed by atoms with E-state index in [-0.39, 0.29) is 42.3 Å². The smallest absolute Gasteiger partial charge is 0.301 e. The Morgan fingerprint density at radius 3 is 2.41 bits per heavy atom. The van der Waals surface area contributed by atoms with Crippen LogP contribution in [0.1, 0.15) is 70.9 Å². The van der Waals surface area contributed by atoms with Gasteiger partial charge in [-0.15, -0.1) is 0 Å². The standard InChI is InChI=1S/C50H52F3N9O5S/c1-29-3-12-43(48(64)56-29)61-24-34-19-37(8-9-38(34)49(61)65)59-16-13-31(14-17-59)23-58-26-50(27-58)28-62(30(50)2)36-6-4-32(5-7-36)33-20-39-40(22-55-47(39)54-21-33)46(63)44-41(52)10-11-42(45(44)53)57-68(66,67)60-18-15-35(51)25-60/h4-11,19-22,30-31,35,43,57H,1,3,12-18,23-28H2,2H3,(H,54,55)(H,56,64)/t30-,35-,43?/m1/s1. The molecular formula is C50H52F3N9O5S. The summed E-state index contributed by atoms with van der Waals surface area (Å²) < 4.78 is 73.2. The highest BCUT2D eigenvalue weighted by Gasteiger charge is 2.57. The van der Waals surface area contributed by atoms with Gasteiger partial charge in [0.15, 0.2) is 5.82 Å². The molecule has 5 saturated heterocycles. The number of hydrogen-bond acceptors (Lipinski definition) is 9. The lowest BCUT2D eigenvalue weighted by molar-refractivity contribution is -0.126. The Bertz CT molecular complexity index is 3010. The minimum atomic E-state index is -4.35. The van der Waals surface area contributed by atoms with Crippen LogP contribution >= 0.6 is 0 Å². The highest BCUT2D eigenvalue weighted by molar-refractivity contribution is 7.90. The molecule has 5 fully saturated rings. The summed E-state index contributed by atoms with van der Waals surface area (Å²) in [5.74, 6) is -3.13. The van der Waals surface area contributed by atoms with Gasteiger partial charge in [-0.3, -0.25) is 19.1 Å². The van der Waals surface area contributed by atoms with E-state index in [0.29, 0.717) is 59.2 Å². The van der Waals surface area contributed by atoms with Crippen molar-refractivity contribution in [2.75, 3.05) is 66.9 Å². The van der Waals surface area contributed by atoms with Crippen LogP contribution < -0.4 is 19.8 Å². The molecule has 68 heavy (non-hydrogen) atoms. The number of anilines is 3. The number of likely N-dealkylation sites (tertiary alicyclic amines) is 1. The molecule has 18 heteroatoms. The number of aromatic nitrogens is 2. The zero-order chi connectivity index (χ0) is 47.2. The number of benzene rings is 3. The molecule has 3 atom stereocenters. The third kappa shape index (κ3) is 7.69. The quantitative estimate of drug-likeness (QED) is 0.124. The molecule has 3 aromatic carbocycles. The van der Waals surface area contributed by atoms with E-state index in [1.165, 1.54) is 6.20 Å². The normalized spacial score (nSPS) is 23.3. The van der Waals surface area contributed by atoms with Gasteiger partial charge in [0.05, 0.1) is 11.3 Å². The summed E-state index contributed by atoms with van der Waals surface area (Å²) in [4.78, 5) is 56.2. The minimum absolute atomic E-state index is 0.00740. The topological polar surface area (TPSA) is 154 Å². The number of halogens is 3. The molecule has 8 heterocycles. The maximum absolute atomic E-state index is 15.8. The van der Waals surface area contributed by atoms with Crippen LogP contribution in [0.5, 0.6) is 0 Å². The fourth-order valence-corrected chi connectivity index (χ4v) is 12.6. The molecule has 0 radical (unpaired) electrons. The van der Waals surface area contributed by atoms with E-state index in [1.807, 2.05) is 18.2 Å². The van der Waals surface area contributed by atoms with Crippen molar-refractivity contribution >= 4 is 55.9 Å². The number of nitrogens with one attached hydrogen (secondary N) is 3. The van der Waals surface area contributed by atoms with E-state index in [1.54, 1.807) is 17.2 Å². The molecule has 5 aromatic rings. The van der Waals surface area contributed by atoms with Crippen LogP contribution in [0.3, 0.4) is 0 Å². The molecule has 14 nitrogen and oxygen atoms in total. The van der Waals surface area contributed by atoms with Gasteiger partial charge in [0.2, 0.25) is 11.7 Å². The molecule has 1 spiro atoms. The largest absolute Gasteiger partial charge is 0.372 e. The van der Waals surface area contributed by atoms with Crippen molar-refractivity contribution in [3.05, 3.63) is 119 Å². The third-order valence-corrected chi connectivity index (χ3v) is 16.8. The number of nitrogens with zero attached hydrogens (tertiary/aromatic N) is 6. The van der Waals surface area contributed by atoms with Crippen LogP contribution in [0.4, 0.5) is 30.2 Å². The predicted molar refractivity (Wildman–Crippen MR) is 252 cm³/mol. The van der Waals surface area contributed by atoms with Gasteiger partial charge in [0.25, 0.3) is 5.91 Å². The molecule has 11 rings (SSSR count). The van der Waals surface area contributed by atoms with Crippen molar-refractivity contribution < 1.29 is 36.0 Å². The van der Waals surface area contributed by atoms with Gasteiger partial charge in [-0.1, -0.05) is 18.7 Å². The van der Waals surface area contributed by atoms with Gasteiger partial charge in [0, 0.05) is 122 Å². The summed E-state index contributed by atoms with van der Waals surface area (Å²) in [5, 5.41) is 3.16. The van der Waals surface area contributed by atoms with Gasteiger partial charge in [-0.2, -0.15) is 12.7 Å². The summed E-state index contributed by atoms with van der Waals surface area (Å²) in [5.41, 5.74) is 5.16. The van der Waals surface area contributed by atoms with E-state index in [2.05, 4.69) is 72.5 Å².